The lowest BCUT2D eigenvalue weighted by Crippen LogP contribution is -2.34. The predicted octanol–water partition coefficient (Wildman–Crippen LogP) is 5.16. The Morgan fingerprint density at radius 3 is 2.70 bits per heavy atom. The second-order valence-electron chi connectivity index (χ2n) is 9.10. The Morgan fingerprint density at radius 1 is 1.12 bits per heavy atom. The Morgan fingerprint density at radius 2 is 1.94 bits per heavy atom. The van der Waals surface area contributed by atoms with Crippen LogP contribution in [-0.4, -0.2) is 41.6 Å². The normalized spacial score (nSPS) is 14.5. The molecule has 0 unspecified atom stereocenters. The summed E-state index contributed by atoms with van der Waals surface area (Å²) in [5.41, 5.74) is 7.22. The fourth-order valence-electron chi connectivity index (χ4n) is 4.82. The van der Waals surface area contributed by atoms with E-state index in [9.17, 15) is 9.18 Å². The highest BCUT2D eigenvalue weighted by molar-refractivity contribution is 6.04. The molecular formula is C27H35FN4O. The second kappa shape index (κ2) is 9.96. The number of fused-ring (bicyclic) bond motifs is 1. The van der Waals surface area contributed by atoms with Crippen molar-refractivity contribution in [1.82, 2.24) is 14.8 Å². The number of carbonyl (C=O) groups excluding carboxylic acids is 1. The molecule has 1 saturated heterocycles. The summed E-state index contributed by atoms with van der Waals surface area (Å²) < 4.78 is 15.9. The minimum Gasteiger partial charge on any atom is -0.379 e. The van der Waals surface area contributed by atoms with Crippen LogP contribution in [0.3, 0.4) is 0 Å². The number of amides is 1. The molecule has 2 N–H and O–H groups in total. The molecule has 0 radical (unpaired) electrons. The molecule has 5 nitrogen and oxygen atoms in total. The Hall–Kier alpha value is -2.86. The lowest BCUT2D eigenvalue weighted by Gasteiger charge is -2.21. The van der Waals surface area contributed by atoms with Crippen LogP contribution in [0.25, 0.3) is 10.9 Å². The van der Waals surface area contributed by atoms with E-state index in [-0.39, 0.29) is 11.7 Å². The quantitative estimate of drug-likeness (QED) is 0.545. The van der Waals surface area contributed by atoms with Gasteiger partial charge in [0.1, 0.15) is 5.82 Å². The van der Waals surface area contributed by atoms with E-state index in [1.54, 1.807) is 6.07 Å². The molecule has 33 heavy (non-hydrogen) atoms. The van der Waals surface area contributed by atoms with Crippen LogP contribution < -0.4 is 10.6 Å². The van der Waals surface area contributed by atoms with Gasteiger partial charge in [0.25, 0.3) is 5.91 Å². The first-order chi connectivity index (χ1) is 15.9. The molecule has 0 atom stereocenters. The number of hydrogen-bond donors (Lipinski definition) is 2. The SMILES string of the molecule is CCCn1c(C)c(C)c2cc(C(=O)N3CCCNCC3)cc(NCc3ccc(F)cc3C)c21. The van der Waals surface area contributed by atoms with Crippen molar-refractivity contribution in [3.63, 3.8) is 0 Å². The third-order valence-corrected chi connectivity index (χ3v) is 6.83. The number of halogens is 1. The standard InChI is InChI=1S/C27H35FN4O/c1-5-11-32-20(4)19(3)24-15-22(27(33)31-12-6-9-29-10-13-31)16-25(26(24)32)30-17-21-7-8-23(28)14-18(21)2/h7-8,14-16,29-30H,5-6,9-13,17H2,1-4H3. The monoisotopic (exact) mass is 450 g/mol. The van der Waals surface area contributed by atoms with E-state index < -0.39 is 0 Å². The molecular weight excluding hydrogens is 415 g/mol. The summed E-state index contributed by atoms with van der Waals surface area (Å²) in [4.78, 5) is 15.4. The van der Waals surface area contributed by atoms with E-state index in [0.717, 1.165) is 78.8 Å². The van der Waals surface area contributed by atoms with E-state index in [2.05, 4.69) is 42.0 Å². The zero-order chi connectivity index (χ0) is 23.5. The summed E-state index contributed by atoms with van der Waals surface area (Å²) in [6, 6.07) is 8.97. The molecule has 0 aliphatic carbocycles. The van der Waals surface area contributed by atoms with Crippen molar-refractivity contribution in [3.8, 4) is 0 Å². The first kappa shape index (κ1) is 23.3. The zero-order valence-corrected chi connectivity index (χ0v) is 20.2. The Balaban J connectivity index is 1.77. The van der Waals surface area contributed by atoms with Crippen LogP contribution in [0.4, 0.5) is 10.1 Å². The molecule has 1 aromatic heterocycles. The number of rotatable bonds is 6. The minimum atomic E-state index is -0.221. The summed E-state index contributed by atoms with van der Waals surface area (Å²) in [5.74, 6) is -0.136. The third kappa shape index (κ3) is 4.76. The maximum Gasteiger partial charge on any atom is 0.253 e. The van der Waals surface area contributed by atoms with Gasteiger partial charge in [0.2, 0.25) is 0 Å². The Bertz CT molecular complexity index is 1160. The number of hydrogen-bond acceptors (Lipinski definition) is 3. The van der Waals surface area contributed by atoms with Crippen LogP contribution in [0.1, 0.15) is 52.5 Å². The smallest absolute Gasteiger partial charge is 0.253 e. The average molecular weight is 451 g/mol. The van der Waals surface area contributed by atoms with Crippen LogP contribution >= 0.6 is 0 Å². The molecule has 2 aromatic carbocycles. The van der Waals surface area contributed by atoms with Crippen LogP contribution in [0, 0.1) is 26.6 Å². The number of nitrogens with one attached hydrogen (secondary N) is 2. The van der Waals surface area contributed by atoms with Crippen LogP contribution in [0.15, 0.2) is 30.3 Å². The molecule has 4 rings (SSSR count). The van der Waals surface area contributed by atoms with E-state index in [4.69, 9.17) is 0 Å². The van der Waals surface area contributed by atoms with Gasteiger partial charge in [-0.25, -0.2) is 4.39 Å². The second-order valence-corrected chi connectivity index (χ2v) is 9.10. The number of aryl methyl sites for hydroxylation is 3. The average Bonchev–Trinajstić information content (AvgIpc) is 2.99. The minimum absolute atomic E-state index is 0.0851. The Labute approximate surface area is 196 Å². The van der Waals surface area contributed by atoms with Gasteiger partial charge in [-0.15, -0.1) is 0 Å². The van der Waals surface area contributed by atoms with E-state index in [1.807, 2.05) is 24.0 Å². The number of aromatic nitrogens is 1. The first-order valence-electron chi connectivity index (χ1n) is 12.0. The number of carbonyl (C=O) groups is 1. The summed E-state index contributed by atoms with van der Waals surface area (Å²) in [5, 5.41) is 8.08. The van der Waals surface area contributed by atoms with Crippen molar-refractivity contribution >= 4 is 22.5 Å². The molecule has 0 saturated carbocycles. The Kier molecular flexibility index (Phi) is 7.03. The molecule has 0 spiro atoms. The van der Waals surface area contributed by atoms with Crippen molar-refractivity contribution in [2.24, 2.45) is 0 Å². The van der Waals surface area contributed by atoms with Gasteiger partial charge in [0.05, 0.1) is 11.2 Å². The van der Waals surface area contributed by atoms with Crippen molar-refractivity contribution < 1.29 is 9.18 Å². The first-order valence-corrected chi connectivity index (χ1v) is 12.0. The largest absolute Gasteiger partial charge is 0.379 e. The van der Waals surface area contributed by atoms with Gasteiger partial charge in [-0.05, 0) is 81.1 Å². The molecule has 1 aliphatic heterocycles. The molecule has 0 bridgehead atoms. The summed E-state index contributed by atoms with van der Waals surface area (Å²) in [6.45, 7) is 13.2. The van der Waals surface area contributed by atoms with E-state index in [0.29, 0.717) is 6.54 Å². The molecule has 1 fully saturated rings. The van der Waals surface area contributed by atoms with Crippen LogP contribution in [-0.2, 0) is 13.1 Å². The van der Waals surface area contributed by atoms with Crippen molar-refractivity contribution in [3.05, 3.63) is 64.1 Å². The topological polar surface area (TPSA) is 49.3 Å². The van der Waals surface area contributed by atoms with Crippen LogP contribution in [0.2, 0.25) is 0 Å². The highest BCUT2D eigenvalue weighted by Crippen LogP contribution is 2.34. The van der Waals surface area contributed by atoms with Gasteiger partial charge >= 0.3 is 0 Å². The molecule has 1 aliphatic rings. The van der Waals surface area contributed by atoms with E-state index >= 15 is 0 Å². The van der Waals surface area contributed by atoms with Crippen molar-refractivity contribution in [2.45, 2.75) is 53.6 Å². The van der Waals surface area contributed by atoms with Gasteiger partial charge in [0.15, 0.2) is 0 Å². The lowest BCUT2D eigenvalue weighted by atomic mass is 10.0. The van der Waals surface area contributed by atoms with Crippen molar-refractivity contribution in [1.29, 1.82) is 0 Å². The maximum absolute atomic E-state index is 13.6. The number of anilines is 1. The maximum atomic E-state index is 13.6. The van der Waals surface area contributed by atoms with Gasteiger partial charge in [0, 0.05) is 49.4 Å². The lowest BCUT2D eigenvalue weighted by molar-refractivity contribution is 0.0766. The highest BCUT2D eigenvalue weighted by atomic mass is 19.1. The van der Waals surface area contributed by atoms with E-state index in [1.165, 1.54) is 17.3 Å². The zero-order valence-electron chi connectivity index (χ0n) is 20.2. The highest BCUT2D eigenvalue weighted by Gasteiger charge is 2.22. The molecule has 176 valence electrons. The van der Waals surface area contributed by atoms with Gasteiger partial charge in [-0.1, -0.05) is 13.0 Å². The summed E-state index contributed by atoms with van der Waals surface area (Å²) in [7, 11) is 0. The predicted molar refractivity (Wildman–Crippen MR) is 134 cm³/mol. The van der Waals surface area contributed by atoms with Crippen molar-refractivity contribution in [2.75, 3.05) is 31.5 Å². The van der Waals surface area contributed by atoms with Crippen LogP contribution in [0.5, 0.6) is 0 Å². The van der Waals surface area contributed by atoms with Gasteiger partial charge < -0.3 is 20.1 Å². The number of nitrogens with zero attached hydrogens (tertiary/aromatic N) is 2. The molecule has 2 heterocycles. The molecule has 1 amide bonds. The third-order valence-electron chi connectivity index (χ3n) is 6.83. The fourth-order valence-corrected chi connectivity index (χ4v) is 4.82. The number of benzene rings is 2. The fraction of sp³-hybridized carbons (Fsp3) is 0.444. The summed E-state index contributed by atoms with van der Waals surface area (Å²) >= 11 is 0. The molecule has 3 aromatic rings. The van der Waals surface area contributed by atoms with Gasteiger partial charge in [-0.2, -0.15) is 0 Å². The summed E-state index contributed by atoms with van der Waals surface area (Å²) in [6.07, 6.45) is 2.00. The molecule has 6 heteroatoms. The van der Waals surface area contributed by atoms with Gasteiger partial charge in [-0.3, -0.25) is 4.79 Å².